The zero-order chi connectivity index (χ0) is 23.7. The monoisotopic (exact) mass is 474 g/mol. The number of anilines is 1. The lowest BCUT2D eigenvalue weighted by Gasteiger charge is -2.42. The van der Waals surface area contributed by atoms with E-state index in [-0.39, 0.29) is 12.0 Å². The number of rotatable bonds is 6. The Morgan fingerprint density at radius 2 is 2.15 bits per heavy atom. The van der Waals surface area contributed by atoms with Gasteiger partial charge >= 0.3 is 0 Å². The van der Waals surface area contributed by atoms with Gasteiger partial charge in [-0.25, -0.2) is 0 Å². The van der Waals surface area contributed by atoms with E-state index in [0.717, 1.165) is 51.0 Å². The lowest BCUT2D eigenvalue weighted by atomic mass is 9.93. The molecule has 0 unspecified atom stereocenters. The van der Waals surface area contributed by atoms with Crippen LogP contribution in [0.4, 0.5) is 5.69 Å². The zero-order valence-corrected chi connectivity index (χ0v) is 20.3. The van der Waals surface area contributed by atoms with Gasteiger partial charge in [-0.1, -0.05) is 19.1 Å². The highest BCUT2D eigenvalue weighted by atomic mass is 32.1. The van der Waals surface area contributed by atoms with Gasteiger partial charge in [-0.2, -0.15) is 5.26 Å². The van der Waals surface area contributed by atoms with Gasteiger partial charge in [-0.15, -0.1) is 11.3 Å². The average Bonchev–Trinajstić information content (AvgIpc) is 3.30. The number of piperazine rings is 1. The third kappa shape index (κ3) is 4.41. The van der Waals surface area contributed by atoms with Crippen molar-refractivity contribution in [1.29, 1.82) is 5.26 Å². The summed E-state index contributed by atoms with van der Waals surface area (Å²) in [7, 11) is 0. The molecule has 1 saturated heterocycles. The first-order valence-corrected chi connectivity index (χ1v) is 12.9. The Morgan fingerprint density at radius 1 is 1.26 bits per heavy atom. The first-order chi connectivity index (χ1) is 16.6. The second-order valence-electron chi connectivity index (χ2n) is 9.16. The Kier molecular flexibility index (Phi) is 6.55. The number of carbonyl (C=O) groups excluding carboxylic acids is 1. The van der Waals surface area contributed by atoms with E-state index >= 15 is 0 Å². The molecule has 0 aliphatic carbocycles. The normalized spacial score (nSPS) is 20.8. The third-order valence-electron chi connectivity index (χ3n) is 7.24. The number of nitrogens with zero attached hydrogens (tertiary/aromatic N) is 3. The van der Waals surface area contributed by atoms with E-state index in [1.807, 2.05) is 30.3 Å². The molecule has 2 atom stereocenters. The molecule has 0 bridgehead atoms. The number of carbonyl (C=O) groups is 1. The van der Waals surface area contributed by atoms with Crippen molar-refractivity contribution in [3.8, 4) is 6.07 Å². The van der Waals surface area contributed by atoms with Crippen molar-refractivity contribution in [1.82, 2.24) is 4.90 Å². The molecular formula is C27H30N4O2S. The summed E-state index contributed by atoms with van der Waals surface area (Å²) in [4.78, 5) is 16.7. The number of hydrogen-bond acceptors (Lipinski definition) is 6. The molecule has 176 valence electrons. The number of ether oxygens (including phenoxy) is 1. The van der Waals surface area contributed by atoms with E-state index in [9.17, 15) is 10.1 Å². The van der Waals surface area contributed by atoms with Crippen molar-refractivity contribution in [2.75, 3.05) is 37.7 Å². The van der Waals surface area contributed by atoms with Crippen LogP contribution in [0.5, 0.6) is 0 Å². The third-order valence-corrected chi connectivity index (χ3v) is 8.18. The molecule has 2 aliphatic rings. The van der Waals surface area contributed by atoms with Crippen LogP contribution in [0, 0.1) is 11.3 Å². The predicted molar refractivity (Wildman–Crippen MR) is 136 cm³/mol. The van der Waals surface area contributed by atoms with Crippen LogP contribution in [0.25, 0.3) is 10.1 Å². The largest absolute Gasteiger partial charge is 0.373 e. The number of nitrogens with two attached hydrogens (primary N) is 1. The Balaban J connectivity index is 1.25. The van der Waals surface area contributed by atoms with Crippen LogP contribution in [0.1, 0.15) is 52.9 Å². The summed E-state index contributed by atoms with van der Waals surface area (Å²) in [5, 5.41) is 12.7. The Morgan fingerprint density at radius 3 is 2.94 bits per heavy atom. The number of amides is 1. The fraction of sp³-hybridized carbons (Fsp3) is 0.407. The summed E-state index contributed by atoms with van der Waals surface area (Å²) < 4.78 is 7.31. The minimum atomic E-state index is -0.376. The van der Waals surface area contributed by atoms with Gasteiger partial charge in [0, 0.05) is 53.3 Å². The van der Waals surface area contributed by atoms with Gasteiger partial charge in [0.05, 0.1) is 30.0 Å². The van der Waals surface area contributed by atoms with Gasteiger partial charge < -0.3 is 15.4 Å². The van der Waals surface area contributed by atoms with Gasteiger partial charge in [0.1, 0.15) is 0 Å². The predicted octanol–water partition coefficient (Wildman–Crippen LogP) is 4.48. The first kappa shape index (κ1) is 22.9. The standard InChI is InChI=1S/C27H30N4O2S/c1-2-21-16-31(24-17-34-26-13-18(15-28)3-5-23(24)26)11-10-30(21)9-7-25-22-6-4-20(27(29)32)14-19(22)8-12-33-25/h3-6,13-14,17,21,25H,2,7-12,16H2,1H3,(H2,29,32)/t21-,25-/m0/s1. The molecule has 6 nitrogen and oxygen atoms in total. The Bertz CT molecular complexity index is 1250. The minimum absolute atomic E-state index is 0.0661. The van der Waals surface area contributed by atoms with Crippen LogP contribution in [0.3, 0.4) is 0 Å². The molecule has 1 fully saturated rings. The number of benzene rings is 2. The van der Waals surface area contributed by atoms with Crippen LogP contribution in [-0.4, -0.2) is 49.6 Å². The van der Waals surface area contributed by atoms with Crippen molar-refractivity contribution in [2.24, 2.45) is 5.73 Å². The van der Waals surface area contributed by atoms with E-state index in [1.165, 1.54) is 26.9 Å². The maximum atomic E-state index is 11.6. The lowest BCUT2D eigenvalue weighted by molar-refractivity contribution is 0.0244. The molecule has 3 heterocycles. The van der Waals surface area contributed by atoms with E-state index in [4.69, 9.17) is 10.5 Å². The van der Waals surface area contributed by atoms with Gasteiger partial charge in [0.15, 0.2) is 0 Å². The number of primary amides is 1. The molecule has 34 heavy (non-hydrogen) atoms. The van der Waals surface area contributed by atoms with Crippen LogP contribution in [-0.2, 0) is 11.2 Å². The molecule has 1 amide bonds. The van der Waals surface area contributed by atoms with E-state index in [0.29, 0.717) is 18.2 Å². The molecule has 2 aromatic carbocycles. The maximum Gasteiger partial charge on any atom is 0.248 e. The fourth-order valence-electron chi connectivity index (χ4n) is 5.33. The summed E-state index contributed by atoms with van der Waals surface area (Å²) in [5.74, 6) is -0.376. The number of hydrogen-bond donors (Lipinski definition) is 1. The topological polar surface area (TPSA) is 82.6 Å². The second-order valence-corrected chi connectivity index (χ2v) is 10.1. The van der Waals surface area contributed by atoms with Crippen molar-refractivity contribution in [3.63, 3.8) is 0 Å². The van der Waals surface area contributed by atoms with Crippen molar-refractivity contribution >= 4 is 33.0 Å². The van der Waals surface area contributed by atoms with Crippen molar-refractivity contribution in [2.45, 2.75) is 38.3 Å². The smallest absolute Gasteiger partial charge is 0.248 e. The molecule has 2 aliphatic heterocycles. The van der Waals surface area contributed by atoms with Gasteiger partial charge in [0.25, 0.3) is 0 Å². The molecule has 7 heteroatoms. The zero-order valence-electron chi connectivity index (χ0n) is 19.5. The number of thiophene rings is 1. The highest BCUT2D eigenvalue weighted by Crippen LogP contribution is 2.36. The summed E-state index contributed by atoms with van der Waals surface area (Å²) in [5.41, 5.74) is 10.4. The highest BCUT2D eigenvalue weighted by molar-refractivity contribution is 7.17. The van der Waals surface area contributed by atoms with Gasteiger partial charge in [-0.05, 0) is 54.7 Å². The maximum absolute atomic E-state index is 11.6. The summed E-state index contributed by atoms with van der Waals surface area (Å²) in [6.45, 7) is 6.96. The van der Waals surface area contributed by atoms with E-state index < -0.39 is 0 Å². The molecule has 0 saturated carbocycles. The van der Waals surface area contributed by atoms with Crippen LogP contribution in [0.2, 0.25) is 0 Å². The molecule has 5 rings (SSSR count). The summed E-state index contributed by atoms with van der Waals surface area (Å²) in [6.07, 6.45) is 2.93. The van der Waals surface area contributed by atoms with Crippen molar-refractivity contribution < 1.29 is 9.53 Å². The molecule has 1 aromatic heterocycles. The Hall–Kier alpha value is -2.92. The van der Waals surface area contributed by atoms with Crippen LogP contribution < -0.4 is 10.6 Å². The highest BCUT2D eigenvalue weighted by Gasteiger charge is 2.29. The lowest BCUT2D eigenvalue weighted by Crippen LogP contribution is -2.53. The number of fused-ring (bicyclic) bond motifs is 2. The quantitative estimate of drug-likeness (QED) is 0.570. The fourth-order valence-corrected chi connectivity index (χ4v) is 6.34. The molecule has 2 N–H and O–H groups in total. The number of nitriles is 1. The molecule has 0 radical (unpaired) electrons. The Labute approximate surface area is 204 Å². The average molecular weight is 475 g/mol. The summed E-state index contributed by atoms with van der Waals surface area (Å²) >= 11 is 1.72. The summed E-state index contributed by atoms with van der Waals surface area (Å²) in [6, 6.07) is 14.5. The van der Waals surface area contributed by atoms with Crippen LogP contribution >= 0.6 is 11.3 Å². The van der Waals surface area contributed by atoms with Gasteiger partial charge in [-0.3, -0.25) is 9.69 Å². The van der Waals surface area contributed by atoms with E-state index in [2.05, 4.69) is 34.2 Å². The van der Waals surface area contributed by atoms with E-state index in [1.54, 1.807) is 11.3 Å². The van der Waals surface area contributed by atoms with Crippen molar-refractivity contribution in [3.05, 3.63) is 64.0 Å². The second kappa shape index (κ2) is 9.75. The molecular weight excluding hydrogens is 444 g/mol. The molecule has 0 spiro atoms. The SMILES string of the molecule is CC[C@H]1CN(c2csc3cc(C#N)ccc23)CCN1CC[C@@H]1OCCc2cc(C(N)=O)ccc21. The molecule has 3 aromatic rings. The first-order valence-electron chi connectivity index (χ1n) is 12.0. The van der Waals surface area contributed by atoms with Crippen LogP contribution in [0.15, 0.2) is 41.8 Å². The van der Waals surface area contributed by atoms with Gasteiger partial charge in [0.2, 0.25) is 5.91 Å². The minimum Gasteiger partial charge on any atom is -0.373 e.